The first kappa shape index (κ1) is 18.7. The summed E-state index contributed by atoms with van der Waals surface area (Å²) in [5, 5.41) is 10.4. The molecule has 2 aliphatic rings. The van der Waals surface area contributed by atoms with E-state index in [1.165, 1.54) is 0 Å². The number of rotatable bonds is 5. The van der Waals surface area contributed by atoms with Gasteiger partial charge in [0.2, 0.25) is 0 Å². The van der Waals surface area contributed by atoms with Crippen molar-refractivity contribution in [3.63, 3.8) is 0 Å². The number of ketones is 1. The predicted molar refractivity (Wildman–Crippen MR) is 106 cm³/mol. The number of carbonyl (C=O) groups excluding carboxylic acids is 1. The minimum atomic E-state index is -1.22. The molecule has 0 aromatic heterocycles. The van der Waals surface area contributed by atoms with E-state index in [-0.39, 0.29) is 5.78 Å². The maximum atomic E-state index is 13.5. The molecule has 1 heterocycles. The van der Waals surface area contributed by atoms with E-state index < -0.39 is 11.9 Å². The molecule has 2 aromatic rings. The Hall–Kier alpha value is -2.63. The van der Waals surface area contributed by atoms with Crippen molar-refractivity contribution in [2.45, 2.75) is 12.3 Å². The molecule has 0 radical (unpaired) electrons. The lowest BCUT2D eigenvalue weighted by atomic mass is 9.89. The Morgan fingerprint density at radius 2 is 1.79 bits per heavy atom. The minimum Gasteiger partial charge on any atom is -0.480 e. The number of halogens is 1. The number of carboxylic acids is 1. The molecule has 1 N–H and O–H groups in total. The van der Waals surface area contributed by atoms with Crippen molar-refractivity contribution in [2.24, 2.45) is 0 Å². The van der Waals surface area contributed by atoms with Crippen LogP contribution in [0.1, 0.15) is 22.6 Å². The number of ether oxygens (including phenoxy) is 1. The first-order valence-electron chi connectivity index (χ1n) is 9.23. The SMILES string of the molecule is O=C(O)C(C(=O)C1=C(N2CCOCC2)c2cc(Cl)ccc2C1)c1ccccc1. The Balaban J connectivity index is 1.81. The van der Waals surface area contributed by atoms with Crippen LogP contribution in [-0.2, 0) is 20.7 Å². The molecule has 144 valence electrons. The zero-order valence-electron chi connectivity index (χ0n) is 15.2. The fourth-order valence-electron chi connectivity index (χ4n) is 3.94. The predicted octanol–water partition coefficient (Wildman–Crippen LogP) is 3.38. The second-order valence-electron chi connectivity index (χ2n) is 6.95. The average Bonchev–Trinajstić information content (AvgIpc) is 3.08. The Morgan fingerprint density at radius 3 is 2.46 bits per heavy atom. The standard InChI is InChI=1S/C22H20ClNO4/c23-16-7-6-15-12-18(20(17(15)13-16)24-8-10-28-11-9-24)21(25)19(22(26)27)14-4-2-1-3-5-14/h1-7,13,19H,8-12H2,(H,26,27). The van der Waals surface area contributed by atoms with Crippen molar-refractivity contribution >= 4 is 29.1 Å². The highest BCUT2D eigenvalue weighted by molar-refractivity contribution is 6.31. The number of hydrogen-bond donors (Lipinski definition) is 1. The third-order valence-electron chi connectivity index (χ3n) is 5.25. The number of carboxylic acid groups (broad SMARTS) is 1. The molecule has 1 fully saturated rings. The molecule has 28 heavy (non-hydrogen) atoms. The van der Waals surface area contributed by atoms with Gasteiger partial charge in [0, 0.05) is 35.7 Å². The molecule has 1 atom stereocenters. The van der Waals surface area contributed by atoms with Gasteiger partial charge >= 0.3 is 5.97 Å². The van der Waals surface area contributed by atoms with Gasteiger partial charge in [-0.2, -0.15) is 0 Å². The van der Waals surface area contributed by atoms with Gasteiger partial charge in [-0.3, -0.25) is 9.59 Å². The Bertz CT molecular complexity index is 948. The van der Waals surface area contributed by atoms with Gasteiger partial charge < -0.3 is 14.7 Å². The van der Waals surface area contributed by atoms with Crippen LogP contribution in [0.25, 0.3) is 5.70 Å². The van der Waals surface area contributed by atoms with Gasteiger partial charge in [0.05, 0.1) is 18.9 Å². The number of nitrogens with zero attached hydrogens (tertiary/aromatic N) is 1. The smallest absolute Gasteiger partial charge is 0.318 e. The number of benzene rings is 2. The molecule has 0 bridgehead atoms. The van der Waals surface area contributed by atoms with Gasteiger partial charge in [0.15, 0.2) is 5.78 Å². The van der Waals surface area contributed by atoms with Crippen molar-refractivity contribution in [2.75, 3.05) is 26.3 Å². The van der Waals surface area contributed by atoms with Gasteiger partial charge in [-0.15, -0.1) is 0 Å². The molecule has 2 aromatic carbocycles. The maximum absolute atomic E-state index is 13.5. The second kappa shape index (κ2) is 7.78. The average molecular weight is 398 g/mol. The second-order valence-corrected chi connectivity index (χ2v) is 7.39. The number of morpholine rings is 1. The molecule has 0 spiro atoms. The van der Waals surface area contributed by atoms with Crippen LogP contribution in [0.3, 0.4) is 0 Å². The van der Waals surface area contributed by atoms with Gasteiger partial charge in [0.1, 0.15) is 5.92 Å². The molecule has 5 nitrogen and oxygen atoms in total. The number of hydrogen-bond acceptors (Lipinski definition) is 4. The molecule has 1 saturated heterocycles. The van der Waals surface area contributed by atoms with E-state index in [1.54, 1.807) is 36.4 Å². The summed E-state index contributed by atoms with van der Waals surface area (Å²) >= 11 is 6.22. The first-order chi connectivity index (χ1) is 13.6. The topological polar surface area (TPSA) is 66.8 Å². The van der Waals surface area contributed by atoms with E-state index in [9.17, 15) is 14.7 Å². The van der Waals surface area contributed by atoms with Crippen molar-refractivity contribution in [3.05, 3.63) is 75.8 Å². The highest BCUT2D eigenvalue weighted by Gasteiger charge is 2.37. The van der Waals surface area contributed by atoms with Gasteiger partial charge in [-0.25, -0.2) is 0 Å². The first-order valence-corrected chi connectivity index (χ1v) is 9.60. The van der Waals surface area contributed by atoms with Crippen LogP contribution < -0.4 is 0 Å². The fourth-order valence-corrected chi connectivity index (χ4v) is 4.11. The van der Waals surface area contributed by atoms with Crippen LogP contribution in [0, 0.1) is 0 Å². The normalized spacial score (nSPS) is 17.4. The van der Waals surface area contributed by atoms with Gasteiger partial charge in [-0.1, -0.05) is 48.0 Å². The molecular formula is C22H20ClNO4. The Kier molecular flexibility index (Phi) is 5.20. The molecule has 1 aliphatic heterocycles. The highest BCUT2D eigenvalue weighted by Crippen LogP contribution is 2.39. The highest BCUT2D eigenvalue weighted by atomic mass is 35.5. The lowest BCUT2D eigenvalue weighted by Gasteiger charge is -2.31. The lowest BCUT2D eigenvalue weighted by molar-refractivity contribution is -0.141. The monoisotopic (exact) mass is 397 g/mol. The summed E-state index contributed by atoms with van der Waals surface area (Å²) in [5.41, 5.74) is 3.73. The van der Waals surface area contributed by atoms with E-state index >= 15 is 0 Å². The Labute approximate surface area is 168 Å². The molecule has 4 rings (SSSR count). The van der Waals surface area contributed by atoms with Crippen LogP contribution >= 0.6 is 11.6 Å². The quantitative estimate of drug-likeness (QED) is 0.783. The maximum Gasteiger partial charge on any atom is 0.318 e. The minimum absolute atomic E-state index is 0.368. The molecule has 1 aliphatic carbocycles. The van der Waals surface area contributed by atoms with Crippen LogP contribution in [0.15, 0.2) is 54.1 Å². The number of allylic oxidation sites excluding steroid dienone is 1. The summed E-state index contributed by atoms with van der Waals surface area (Å²) in [4.78, 5) is 27.6. The summed E-state index contributed by atoms with van der Waals surface area (Å²) in [6, 6.07) is 14.2. The van der Waals surface area contributed by atoms with Gasteiger partial charge in [0.25, 0.3) is 0 Å². The summed E-state index contributed by atoms with van der Waals surface area (Å²) in [5.74, 6) is -2.73. The summed E-state index contributed by atoms with van der Waals surface area (Å²) in [7, 11) is 0. The molecule has 0 saturated carbocycles. The zero-order chi connectivity index (χ0) is 19.7. The van der Waals surface area contributed by atoms with Crippen LogP contribution in [-0.4, -0.2) is 48.1 Å². The summed E-state index contributed by atoms with van der Waals surface area (Å²) in [6.07, 6.45) is 0.411. The molecule has 6 heteroatoms. The molecule has 0 amide bonds. The van der Waals surface area contributed by atoms with Crippen molar-refractivity contribution in [1.82, 2.24) is 4.90 Å². The Morgan fingerprint density at radius 1 is 1.07 bits per heavy atom. The number of Topliss-reactive ketones (excluding diaryl/α,β-unsaturated/α-hetero) is 1. The summed E-state index contributed by atoms with van der Waals surface area (Å²) < 4.78 is 5.45. The molecular weight excluding hydrogens is 378 g/mol. The third kappa shape index (κ3) is 3.43. The zero-order valence-corrected chi connectivity index (χ0v) is 16.0. The van der Waals surface area contributed by atoms with Crippen molar-refractivity contribution < 1.29 is 19.4 Å². The van der Waals surface area contributed by atoms with E-state index in [0.29, 0.717) is 48.9 Å². The van der Waals surface area contributed by atoms with E-state index in [4.69, 9.17) is 16.3 Å². The largest absolute Gasteiger partial charge is 0.480 e. The third-order valence-corrected chi connectivity index (χ3v) is 5.48. The number of fused-ring (bicyclic) bond motifs is 1. The van der Waals surface area contributed by atoms with Crippen LogP contribution in [0.4, 0.5) is 0 Å². The van der Waals surface area contributed by atoms with Crippen molar-refractivity contribution in [3.8, 4) is 0 Å². The van der Waals surface area contributed by atoms with E-state index in [0.717, 1.165) is 16.8 Å². The van der Waals surface area contributed by atoms with Crippen LogP contribution in [0.2, 0.25) is 5.02 Å². The lowest BCUT2D eigenvalue weighted by Crippen LogP contribution is -2.36. The van der Waals surface area contributed by atoms with Gasteiger partial charge in [-0.05, 0) is 23.3 Å². The van der Waals surface area contributed by atoms with Crippen LogP contribution in [0.5, 0.6) is 0 Å². The molecule has 1 unspecified atom stereocenters. The van der Waals surface area contributed by atoms with Crippen molar-refractivity contribution in [1.29, 1.82) is 0 Å². The summed E-state index contributed by atoms with van der Waals surface area (Å²) in [6.45, 7) is 2.45. The van der Waals surface area contributed by atoms with E-state index in [1.807, 2.05) is 12.1 Å². The van der Waals surface area contributed by atoms with E-state index in [2.05, 4.69) is 4.90 Å². The fraction of sp³-hybridized carbons (Fsp3) is 0.273. The number of aliphatic carboxylic acids is 1. The number of carbonyl (C=O) groups is 2.